The first-order chi connectivity index (χ1) is 16.4. The molecule has 0 bridgehead atoms. The van der Waals surface area contributed by atoms with E-state index in [1.54, 1.807) is 13.1 Å². The predicted octanol–water partition coefficient (Wildman–Crippen LogP) is 3.55. The van der Waals surface area contributed by atoms with Gasteiger partial charge in [-0.3, -0.25) is 9.78 Å². The minimum absolute atomic E-state index is 0.0793. The van der Waals surface area contributed by atoms with Crippen molar-refractivity contribution < 1.29 is 9.90 Å². The number of amides is 1. The lowest BCUT2D eigenvalue weighted by molar-refractivity contribution is -0.129. The van der Waals surface area contributed by atoms with E-state index < -0.39 is 0 Å². The highest BCUT2D eigenvalue weighted by Gasteiger charge is 2.24. The second-order valence-corrected chi connectivity index (χ2v) is 8.97. The van der Waals surface area contributed by atoms with Crippen LogP contribution in [0.25, 0.3) is 21.8 Å². The van der Waals surface area contributed by atoms with Crippen molar-refractivity contribution in [1.29, 1.82) is 0 Å². The summed E-state index contributed by atoms with van der Waals surface area (Å²) in [6.45, 7) is 8.75. The largest absolute Gasteiger partial charge is 0.493 e. The number of carbonyl (C=O) groups is 1. The van der Waals surface area contributed by atoms with Crippen LogP contribution >= 0.6 is 0 Å². The van der Waals surface area contributed by atoms with Crippen LogP contribution in [0, 0.1) is 0 Å². The molecular weight excluding hydrogens is 430 g/mol. The smallest absolute Gasteiger partial charge is 0.228 e. The number of aromatic hydroxyl groups is 1. The summed E-state index contributed by atoms with van der Waals surface area (Å²) in [7, 11) is 0. The number of benzene rings is 1. The molecule has 0 saturated carbocycles. The quantitative estimate of drug-likeness (QED) is 0.471. The van der Waals surface area contributed by atoms with Gasteiger partial charge in [0.25, 0.3) is 0 Å². The number of hydrogen-bond donors (Lipinski definition) is 2. The van der Waals surface area contributed by atoms with Gasteiger partial charge in [0, 0.05) is 63.5 Å². The normalized spacial score (nSPS) is 14.4. The Labute approximate surface area is 198 Å². The number of nitrogens with zero attached hydrogens (tertiary/aromatic N) is 6. The van der Waals surface area contributed by atoms with E-state index in [-0.39, 0.29) is 17.8 Å². The van der Waals surface area contributed by atoms with Gasteiger partial charge in [-0.25, -0.2) is 4.98 Å². The van der Waals surface area contributed by atoms with E-state index in [2.05, 4.69) is 27.3 Å². The van der Waals surface area contributed by atoms with Crippen LogP contribution in [-0.2, 0) is 11.3 Å². The summed E-state index contributed by atoms with van der Waals surface area (Å²) in [6, 6.07) is 10.3. The van der Waals surface area contributed by atoms with Gasteiger partial charge in [-0.2, -0.15) is 4.98 Å². The molecular formula is C25H29N7O2. The number of carbonyl (C=O) groups excluding carboxylic acids is 1. The van der Waals surface area contributed by atoms with E-state index in [0.717, 1.165) is 21.9 Å². The molecule has 176 valence electrons. The number of aromatic nitrogens is 4. The van der Waals surface area contributed by atoms with Crippen molar-refractivity contribution in [2.24, 2.45) is 0 Å². The maximum atomic E-state index is 11.7. The molecule has 1 saturated heterocycles. The molecule has 4 heterocycles. The van der Waals surface area contributed by atoms with Gasteiger partial charge in [0.1, 0.15) is 11.3 Å². The zero-order chi connectivity index (χ0) is 23.8. The highest BCUT2D eigenvalue weighted by Crippen LogP contribution is 2.34. The van der Waals surface area contributed by atoms with Crippen molar-refractivity contribution in [3.05, 3.63) is 48.3 Å². The second-order valence-electron chi connectivity index (χ2n) is 8.97. The zero-order valence-electron chi connectivity index (χ0n) is 19.7. The summed E-state index contributed by atoms with van der Waals surface area (Å²) in [5.74, 6) is 1.44. The van der Waals surface area contributed by atoms with Crippen LogP contribution < -0.4 is 10.2 Å². The molecule has 3 aromatic heterocycles. The van der Waals surface area contributed by atoms with Crippen molar-refractivity contribution in [3.8, 4) is 5.88 Å². The van der Waals surface area contributed by atoms with Crippen molar-refractivity contribution in [2.75, 3.05) is 36.4 Å². The van der Waals surface area contributed by atoms with Gasteiger partial charge in [-0.1, -0.05) is 12.1 Å². The number of piperazine rings is 1. The minimum Gasteiger partial charge on any atom is -0.493 e. The fourth-order valence-corrected chi connectivity index (χ4v) is 4.38. The fourth-order valence-electron chi connectivity index (χ4n) is 4.38. The summed E-state index contributed by atoms with van der Waals surface area (Å²) in [5.41, 5.74) is 2.59. The Morgan fingerprint density at radius 1 is 1.15 bits per heavy atom. The first-order valence-corrected chi connectivity index (χ1v) is 11.6. The van der Waals surface area contributed by atoms with E-state index in [1.165, 1.54) is 0 Å². The molecule has 0 atom stereocenters. The summed E-state index contributed by atoms with van der Waals surface area (Å²) < 4.78 is 1.81. The summed E-state index contributed by atoms with van der Waals surface area (Å²) >= 11 is 0. The van der Waals surface area contributed by atoms with Crippen molar-refractivity contribution >= 4 is 39.5 Å². The Morgan fingerprint density at radius 3 is 2.68 bits per heavy atom. The molecule has 34 heavy (non-hydrogen) atoms. The summed E-state index contributed by atoms with van der Waals surface area (Å²) in [6.07, 6.45) is 3.70. The molecule has 5 rings (SSSR count). The molecule has 1 amide bonds. The predicted molar refractivity (Wildman–Crippen MR) is 133 cm³/mol. The standard InChI is InChI=1S/C25H29N7O2/c1-16(2)32-15-20-22(24(32)34)28-25(31-11-9-30(10-12-31)17(3)33)29-23(20)27-14-18-6-7-21-19(13-18)5-4-8-26-21/h4-8,13,15-16,34H,9-12,14H2,1-3H3,(H,27,28,29). The molecule has 1 fully saturated rings. The van der Waals surface area contributed by atoms with Gasteiger partial charge in [0.05, 0.1) is 10.9 Å². The van der Waals surface area contributed by atoms with Crippen LogP contribution in [0.5, 0.6) is 5.88 Å². The van der Waals surface area contributed by atoms with Gasteiger partial charge < -0.3 is 24.8 Å². The lowest BCUT2D eigenvalue weighted by atomic mass is 10.1. The third-order valence-electron chi connectivity index (χ3n) is 6.35. The average Bonchev–Trinajstić information content (AvgIpc) is 3.19. The SMILES string of the molecule is CC(=O)N1CCN(c2nc(NCc3ccc4ncccc4c3)c3cn(C(C)C)c(O)c3n2)CC1. The van der Waals surface area contributed by atoms with Crippen molar-refractivity contribution in [1.82, 2.24) is 24.4 Å². The maximum absolute atomic E-state index is 11.7. The van der Waals surface area contributed by atoms with E-state index in [4.69, 9.17) is 9.97 Å². The van der Waals surface area contributed by atoms with Crippen LogP contribution in [0.4, 0.5) is 11.8 Å². The third kappa shape index (κ3) is 4.09. The van der Waals surface area contributed by atoms with Crippen LogP contribution in [0.1, 0.15) is 32.4 Å². The topological polar surface area (TPSA) is 99.4 Å². The average molecular weight is 460 g/mol. The Bertz CT molecular complexity index is 1360. The molecule has 1 aliphatic rings. The van der Waals surface area contributed by atoms with Crippen LogP contribution in [0.3, 0.4) is 0 Å². The highest BCUT2D eigenvalue weighted by atomic mass is 16.3. The van der Waals surface area contributed by atoms with Crippen LogP contribution in [0.2, 0.25) is 0 Å². The van der Waals surface area contributed by atoms with Gasteiger partial charge in [0.2, 0.25) is 17.7 Å². The van der Waals surface area contributed by atoms with Gasteiger partial charge in [-0.05, 0) is 37.6 Å². The first-order valence-electron chi connectivity index (χ1n) is 11.6. The Morgan fingerprint density at radius 2 is 1.94 bits per heavy atom. The lowest BCUT2D eigenvalue weighted by Gasteiger charge is -2.34. The summed E-state index contributed by atoms with van der Waals surface area (Å²) in [4.78, 5) is 29.6. The van der Waals surface area contributed by atoms with Crippen LogP contribution in [0.15, 0.2) is 42.7 Å². The molecule has 0 aliphatic carbocycles. The number of fused-ring (bicyclic) bond motifs is 2. The number of hydrogen-bond acceptors (Lipinski definition) is 7. The monoisotopic (exact) mass is 459 g/mol. The molecule has 0 unspecified atom stereocenters. The highest BCUT2D eigenvalue weighted by molar-refractivity contribution is 5.94. The van der Waals surface area contributed by atoms with Gasteiger partial charge in [0.15, 0.2) is 0 Å². The van der Waals surface area contributed by atoms with E-state index in [1.807, 2.05) is 47.7 Å². The molecule has 9 nitrogen and oxygen atoms in total. The lowest BCUT2D eigenvalue weighted by Crippen LogP contribution is -2.48. The van der Waals surface area contributed by atoms with Gasteiger partial charge >= 0.3 is 0 Å². The molecule has 1 aromatic carbocycles. The molecule has 1 aliphatic heterocycles. The Balaban J connectivity index is 1.48. The maximum Gasteiger partial charge on any atom is 0.228 e. The minimum atomic E-state index is 0.0793. The fraction of sp³-hybridized carbons (Fsp3) is 0.360. The first kappa shape index (κ1) is 21.9. The summed E-state index contributed by atoms with van der Waals surface area (Å²) in [5, 5.41) is 16.2. The molecule has 9 heteroatoms. The molecule has 4 aromatic rings. The van der Waals surface area contributed by atoms with E-state index >= 15 is 0 Å². The molecule has 2 N–H and O–H groups in total. The number of pyridine rings is 1. The molecule has 0 radical (unpaired) electrons. The number of anilines is 2. The van der Waals surface area contributed by atoms with E-state index in [9.17, 15) is 9.90 Å². The van der Waals surface area contributed by atoms with Gasteiger partial charge in [-0.15, -0.1) is 0 Å². The third-order valence-corrected chi connectivity index (χ3v) is 6.35. The second kappa shape index (κ2) is 8.81. The Hall–Kier alpha value is -3.88. The Kier molecular flexibility index (Phi) is 5.69. The van der Waals surface area contributed by atoms with Crippen molar-refractivity contribution in [2.45, 2.75) is 33.4 Å². The zero-order valence-corrected chi connectivity index (χ0v) is 19.7. The number of nitrogens with one attached hydrogen (secondary N) is 1. The number of rotatable bonds is 5. The molecule has 0 spiro atoms. The van der Waals surface area contributed by atoms with Crippen LogP contribution in [-0.4, -0.2) is 61.6 Å². The van der Waals surface area contributed by atoms with Crippen molar-refractivity contribution in [3.63, 3.8) is 0 Å². The van der Waals surface area contributed by atoms with E-state index in [0.29, 0.717) is 50.0 Å².